The van der Waals surface area contributed by atoms with E-state index < -0.39 is 81.6 Å². The molecule has 0 bridgehead atoms. The lowest BCUT2D eigenvalue weighted by molar-refractivity contribution is -0.141. The minimum Gasteiger partial charge on any atom is -0.477 e. The first kappa shape index (κ1) is 38.9. The van der Waals surface area contributed by atoms with Gasteiger partial charge in [-0.05, 0) is 48.5 Å². The van der Waals surface area contributed by atoms with Crippen LogP contribution in [-0.2, 0) is 12.4 Å². The van der Waals surface area contributed by atoms with Crippen molar-refractivity contribution < 1.29 is 68.2 Å². The van der Waals surface area contributed by atoms with Gasteiger partial charge in [0.2, 0.25) is 0 Å². The number of nitrogens with one attached hydrogen (secondary N) is 1. The lowest BCUT2D eigenvalue weighted by atomic mass is 10.1. The van der Waals surface area contributed by atoms with Gasteiger partial charge in [0.1, 0.15) is 34.1 Å². The van der Waals surface area contributed by atoms with Crippen molar-refractivity contribution >= 4 is 35.1 Å². The number of aromatic nitrogens is 2. The van der Waals surface area contributed by atoms with E-state index in [0.29, 0.717) is 11.8 Å². The zero-order valence-electron chi connectivity index (χ0n) is 23.8. The Morgan fingerprint density at radius 2 is 1.08 bits per heavy atom. The van der Waals surface area contributed by atoms with Crippen molar-refractivity contribution in [2.45, 2.75) is 12.4 Å². The standard InChI is InChI=1S/C14H8F5N3O2.C8H3F5O2.C6H7N3O/c15-8-2-1-7(14(17,18)19)11(16)10(8)13(24)22-6-3-4-21-9(5-6)12(20)23;9-4-2-1-3(8(11,12)13)6(10)5(4)7(14)15;7-4-1-2-9-5(3-4)6(8)10/h1-5H,(H2,20,23)(H,21,22,24);1-2H,(H,14,15);1-3H,(H2,7,9)(H2,8,10). The molecule has 49 heavy (non-hydrogen) atoms. The summed E-state index contributed by atoms with van der Waals surface area (Å²) < 4.78 is 127. The first-order valence-corrected chi connectivity index (χ1v) is 12.5. The number of hydrogen-bond donors (Lipinski definition) is 5. The molecule has 11 nitrogen and oxygen atoms in total. The van der Waals surface area contributed by atoms with E-state index in [2.05, 4.69) is 9.97 Å². The average Bonchev–Trinajstić information content (AvgIpc) is 2.96. The number of carboxylic acid groups (broad SMARTS) is 1. The maximum atomic E-state index is 13.9. The summed E-state index contributed by atoms with van der Waals surface area (Å²) in [6.07, 6.45) is -7.63. The number of primary amides is 2. The molecule has 0 atom stereocenters. The summed E-state index contributed by atoms with van der Waals surface area (Å²) in [5, 5.41) is 10.3. The van der Waals surface area contributed by atoms with E-state index >= 15 is 0 Å². The van der Waals surface area contributed by atoms with Crippen molar-refractivity contribution in [3.05, 3.63) is 118 Å². The molecule has 0 unspecified atom stereocenters. The first-order chi connectivity index (χ1) is 22.6. The predicted octanol–water partition coefficient (Wildman–Crippen LogP) is 5.17. The van der Waals surface area contributed by atoms with Crippen molar-refractivity contribution in [1.29, 1.82) is 0 Å². The Hall–Kier alpha value is -6.28. The van der Waals surface area contributed by atoms with Gasteiger partial charge < -0.3 is 27.6 Å². The summed E-state index contributed by atoms with van der Waals surface area (Å²) in [5.41, 5.74) is 8.97. The molecule has 3 amide bonds. The van der Waals surface area contributed by atoms with Gasteiger partial charge in [-0.2, -0.15) is 26.3 Å². The molecular formula is C28H18F10N6O5. The topological polar surface area (TPSA) is 204 Å². The average molecular weight is 708 g/mol. The summed E-state index contributed by atoms with van der Waals surface area (Å²) in [5.74, 6) is -12.2. The number of nitrogens with zero attached hydrogens (tertiary/aromatic N) is 2. The van der Waals surface area contributed by atoms with E-state index in [9.17, 15) is 63.1 Å². The molecule has 21 heteroatoms. The number of nitrogen functional groups attached to an aromatic ring is 1. The maximum Gasteiger partial charge on any atom is 0.419 e. The highest BCUT2D eigenvalue weighted by Gasteiger charge is 2.38. The van der Waals surface area contributed by atoms with Gasteiger partial charge in [0.05, 0.1) is 11.1 Å². The summed E-state index contributed by atoms with van der Waals surface area (Å²) in [6.45, 7) is 0. The van der Waals surface area contributed by atoms with E-state index in [1.54, 1.807) is 6.07 Å². The number of pyridine rings is 2. The van der Waals surface area contributed by atoms with Gasteiger partial charge >= 0.3 is 18.3 Å². The van der Waals surface area contributed by atoms with Gasteiger partial charge in [-0.1, -0.05) is 0 Å². The van der Waals surface area contributed by atoms with Gasteiger partial charge in [0, 0.05) is 23.8 Å². The number of alkyl halides is 6. The summed E-state index contributed by atoms with van der Waals surface area (Å²) in [4.78, 5) is 50.9. The van der Waals surface area contributed by atoms with E-state index in [0.717, 1.165) is 18.3 Å². The van der Waals surface area contributed by atoms with Crippen molar-refractivity contribution in [3.63, 3.8) is 0 Å². The molecule has 8 N–H and O–H groups in total. The lowest BCUT2D eigenvalue weighted by Gasteiger charge is -2.12. The van der Waals surface area contributed by atoms with Crippen LogP contribution >= 0.6 is 0 Å². The highest BCUT2D eigenvalue weighted by atomic mass is 19.4. The number of carbonyl (C=O) groups excluding carboxylic acids is 3. The van der Waals surface area contributed by atoms with Crippen molar-refractivity contribution in [2.24, 2.45) is 11.5 Å². The number of benzene rings is 2. The molecule has 0 radical (unpaired) electrons. The number of nitrogens with two attached hydrogens (primary N) is 3. The molecule has 4 aromatic rings. The Balaban J connectivity index is 0.000000283. The molecule has 0 spiro atoms. The molecule has 0 aliphatic rings. The van der Waals surface area contributed by atoms with E-state index in [1.807, 2.05) is 5.32 Å². The summed E-state index contributed by atoms with van der Waals surface area (Å²) in [7, 11) is 0. The number of anilines is 2. The monoisotopic (exact) mass is 708 g/mol. The number of halogens is 10. The molecule has 260 valence electrons. The molecule has 0 aliphatic carbocycles. The Morgan fingerprint density at radius 3 is 1.49 bits per heavy atom. The molecule has 2 aromatic heterocycles. The minimum absolute atomic E-state index is 0.125. The van der Waals surface area contributed by atoms with E-state index in [4.69, 9.17) is 22.3 Å². The van der Waals surface area contributed by atoms with Crippen molar-refractivity contribution in [2.75, 3.05) is 11.1 Å². The highest BCUT2D eigenvalue weighted by molar-refractivity contribution is 6.05. The molecule has 4 rings (SSSR count). The maximum absolute atomic E-state index is 13.9. The van der Waals surface area contributed by atoms with Crippen LogP contribution in [0.15, 0.2) is 60.9 Å². The fraction of sp³-hybridized carbons (Fsp3) is 0.0714. The summed E-state index contributed by atoms with van der Waals surface area (Å²) >= 11 is 0. The molecular weight excluding hydrogens is 690 g/mol. The van der Waals surface area contributed by atoms with Gasteiger partial charge in [-0.15, -0.1) is 0 Å². The van der Waals surface area contributed by atoms with E-state index in [1.165, 1.54) is 12.3 Å². The molecule has 0 fully saturated rings. The quantitative estimate of drug-likeness (QED) is 0.175. The Bertz CT molecular complexity index is 1900. The van der Waals surface area contributed by atoms with Crippen LogP contribution in [0.1, 0.15) is 52.8 Å². The Labute approximate surface area is 266 Å². The van der Waals surface area contributed by atoms with Crippen LogP contribution in [0.3, 0.4) is 0 Å². The van der Waals surface area contributed by atoms with Crippen LogP contribution in [0, 0.1) is 23.3 Å². The Morgan fingerprint density at radius 1 is 0.653 bits per heavy atom. The predicted molar refractivity (Wildman–Crippen MR) is 148 cm³/mol. The van der Waals surface area contributed by atoms with Gasteiger partial charge in [0.15, 0.2) is 11.6 Å². The van der Waals surface area contributed by atoms with Crippen LogP contribution in [0.4, 0.5) is 55.3 Å². The molecule has 2 heterocycles. The molecule has 0 aliphatic heterocycles. The van der Waals surface area contributed by atoms with Gasteiger partial charge in [-0.3, -0.25) is 24.4 Å². The zero-order chi connectivity index (χ0) is 37.4. The van der Waals surface area contributed by atoms with Crippen molar-refractivity contribution in [3.8, 4) is 0 Å². The van der Waals surface area contributed by atoms with Gasteiger partial charge in [-0.25, -0.2) is 22.4 Å². The smallest absolute Gasteiger partial charge is 0.419 e. The zero-order valence-corrected chi connectivity index (χ0v) is 23.8. The van der Waals surface area contributed by atoms with Crippen LogP contribution in [-0.4, -0.2) is 38.8 Å². The number of rotatable bonds is 5. The van der Waals surface area contributed by atoms with Crippen LogP contribution in [0.25, 0.3) is 0 Å². The fourth-order valence-corrected chi connectivity index (χ4v) is 3.37. The highest BCUT2D eigenvalue weighted by Crippen LogP contribution is 2.34. The largest absolute Gasteiger partial charge is 0.477 e. The number of amides is 3. The number of carboxylic acids is 1. The SMILES string of the molecule is NC(=O)c1cc(N)ccn1.NC(=O)c1cc(NC(=O)c2c(F)ccc(C(F)(F)F)c2F)ccn1.O=C(O)c1c(F)ccc(C(F)(F)F)c1F. The van der Waals surface area contributed by atoms with E-state index in [-0.39, 0.29) is 35.3 Å². The lowest BCUT2D eigenvalue weighted by Crippen LogP contribution is -2.20. The first-order valence-electron chi connectivity index (χ1n) is 12.5. The second kappa shape index (κ2) is 15.5. The van der Waals surface area contributed by atoms with Crippen molar-refractivity contribution in [1.82, 2.24) is 9.97 Å². The second-order valence-corrected chi connectivity index (χ2v) is 8.96. The van der Waals surface area contributed by atoms with Crippen LogP contribution in [0.2, 0.25) is 0 Å². The number of aromatic carboxylic acids is 1. The fourth-order valence-electron chi connectivity index (χ4n) is 3.37. The summed E-state index contributed by atoms with van der Waals surface area (Å²) in [6, 6.07) is 6.12. The normalized spacial score (nSPS) is 10.9. The van der Waals surface area contributed by atoms with Crippen LogP contribution in [0.5, 0.6) is 0 Å². The molecule has 0 saturated carbocycles. The van der Waals surface area contributed by atoms with Gasteiger partial charge in [0.25, 0.3) is 17.7 Å². The third kappa shape index (κ3) is 10.4. The third-order valence-corrected chi connectivity index (χ3v) is 5.54. The van der Waals surface area contributed by atoms with Crippen LogP contribution < -0.4 is 22.5 Å². The third-order valence-electron chi connectivity index (χ3n) is 5.54. The Kier molecular flexibility index (Phi) is 12.3. The molecule has 2 aromatic carbocycles. The number of carbonyl (C=O) groups is 4. The number of hydrogen-bond acceptors (Lipinski definition) is 7. The minimum atomic E-state index is -5.09. The molecule has 0 saturated heterocycles. The second-order valence-electron chi connectivity index (χ2n) is 8.96.